The summed E-state index contributed by atoms with van der Waals surface area (Å²) in [5, 5.41) is 16.2. The summed E-state index contributed by atoms with van der Waals surface area (Å²) in [4.78, 5) is 10.7. The molecule has 1 heterocycles. The van der Waals surface area contributed by atoms with Crippen molar-refractivity contribution in [3.8, 4) is 5.75 Å². The van der Waals surface area contributed by atoms with Crippen LogP contribution in [0.25, 0.3) is 21.9 Å². The third-order valence-electron chi connectivity index (χ3n) is 4.56. The number of para-hydroxylation sites is 1. The van der Waals surface area contributed by atoms with E-state index in [2.05, 4.69) is 5.32 Å². The molecule has 0 aliphatic carbocycles. The molecule has 0 aliphatic rings. The van der Waals surface area contributed by atoms with E-state index in [-0.39, 0.29) is 16.3 Å². The second-order valence-corrected chi connectivity index (χ2v) is 8.50. The number of ether oxygens (including phenoxy) is 1. The molecule has 0 unspecified atom stereocenters. The van der Waals surface area contributed by atoms with Crippen molar-refractivity contribution in [1.29, 1.82) is 0 Å². The molecule has 4 rings (SSSR count). The summed E-state index contributed by atoms with van der Waals surface area (Å²) in [5.41, 5.74) is 1.53. The Morgan fingerprint density at radius 3 is 2.45 bits per heavy atom. The first kappa shape index (κ1) is 18.8. The van der Waals surface area contributed by atoms with Gasteiger partial charge in [-0.2, -0.15) is 0 Å². The fourth-order valence-corrected chi connectivity index (χ4v) is 3.80. The maximum absolute atomic E-state index is 11.7. The van der Waals surface area contributed by atoms with E-state index >= 15 is 0 Å². The van der Waals surface area contributed by atoms with Crippen LogP contribution in [0, 0.1) is 10.1 Å². The monoisotopic (exact) mass is 412 g/mol. The van der Waals surface area contributed by atoms with E-state index in [1.54, 1.807) is 12.1 Å². The van der Waals surface area contributed by atoms with Crippen molar-refractivity contribution in [1.82, 2.24) is 0 Å². The van der Waals surface area contributed by atoms with E-state index in [4.69, 9.17) is 9.15 Å². The van der Waals surface area contributed by atoms with Gasteiger partial charge in [0.1, 0.15) is 22.6 Å². The Hall–Kier alpha value is -3.59. The lowest BCUT2D eigenvalue weighted by atomic mass is 10.1. The minimum absolute atomic E-state index is 0.130. The molecule has 29 heavy (non-hydrogen) atoms. The summed E-state index contributed by atoms with van der Waals surface area (Å²) in [6.07, 6.45) is 0.998. The van der Waals surface area contributed by atoms with E-state index in [9.17, 15) is 18.5 Å². The zero-order valence-corrected chi connectivity index (χ0v) is 16.3. The molecule has 8 nitrogen and oxygen atoms in total. The molecule has 148 valence electrons. The number of rotatable bonds is 5. The number of nitrogens with zero attached hydrogens (tertiary/aromatic N) is 1. The second-order valence-electron chi connectivity index (χ2n) is 6.48. The highest BCUT2D eigenvalue weighted by atomic mass is 32.2. The van der Waals surface area contributed by atoms with Crippen LogP contribution in [0.2, 0.25) is 0 Å². The maximum Gasteiger partial charge on any atom is 0.293 e. The first-order chi connectivity index (χ1) is 13.8. The van der Waals surface area contributed by atoms with Crippen molar-refractivity contribution in [3.63, 3.8) is 0 Å². The minimum atomic E-state index is -3.58. The summed E-state index contributed by atoms with van der Waals surface area (Å²) in [6, 6.07) is 14.8. The first-order valence-corrected chi connectivity index (χ1v) is 10.4. The molecule has 1 aromatic heterocycles. The molecule has 0 amide bonds. The number of nitrogens with one attached hydrogen (secondary N) is 1. The van der Waals surface area contributed by atoms with Crippen LogP contribution >= 0.6 is 0 Å². The van der Waals surface area contributed by atoms with Gasteiger partial charge in [0.25, 0.3) is 5.69 Å². The maximum atomic E-state index is 11.7. The van der Waals surface area contributed by atoms with E-state index in [1.807, 2.05) is 24.3 Å². The van der Waals surface area contributed by atoms with Crippen LogP contribution in [-0.2, 0) is 9.84 Å². The molecule has 0 bridgehead atoms. The van der Waals surface area contributed by atoms with Gasteiger partial charge < -0.3 is 14.5 Å². The van der Waals surface area contributed by atoms with Crippen molar-refractivity contribution >= 4 is 48.8 Å². The summed E-state index contributed by atoms with van der Waals surface area (Å²) in [7, 11) is -2.08. The van der Waals surface area contributed by atoms with Gasteiger partial charge >= 0.3 is 0 Å². The predicted molar refractivity (Wildman–Crippen MR) is 110 cm³/mol. The Labute approximate surface area is 165 Å². The van der Waals surface area contributed by atoms with Crippen LogP contribution in [-0.4, -0.2) is 26.7 Å². The minimum Gasteiger partial charge on any atom is -0.495 e. The van der Waals surface area contributed by atoms with Gasteiger partial charge in [0.2, 0.25) is 0 Å². The van der Waals surface area contributed by atoms with Gasteiger partial charge in [-0.05, 0) is 24.3 Å². The zero-order chi connectivity index (χ0) is 20.8. The zero-order valence-electron chi connectivity index (χ0n) is 15.5. The second kappa shape index (κ2) is 6.78. The number of methoxy groups -OCH3 is 1. The van der Waals surface area contributed by atoms with Crippen molar-refractivity contribution in [2.45, 2.75) is 4.90 Å². The molecular weight excluding hydrogens is 396 g/mol. The molecule has 3 aromatic carbocycles. The summed E-state index contributed by atoms with van der Waals surface area (Å²) < 4.78 is 34.8. The van der Waals surface area contributed by atoms with Gasteiger partial charge in [-0.1, -0.05) is 18.2 Å². The smallest absolute Gasteiger partial charge is 0.293 e. The third-order valence-corrected chi connectivity index (χ3v) is 5.67. The Kier molecular flexibility index (Phi) is 4.39. The molecule has 0 spiro atoms. The number of hydrogen-bond acceptors (Lipinski definition) is 7. The highest BCUT2D eigenvalue weighted by Crippen LogP contribution is 2.39. The van der Waals surface area contributed by atoms with E-state index in [0.717, 1.165) is 23.1 Å². The fraction of sp³-hybridized carbons (Fsp3) is 0.100. The predicted octanol–water partition coefficient (Wildman–Crippen LogP) is 4.65. The third kappa shape index (κ3) is 3.36. The Balaban J connectivity index is 1.85. The number of benzene rings is 3. The number of furan rings is 1. The molecule has 0 radical (unpaired) electrons. The molecule has 4 aromatic rings. The average molecular weight is 412 g/mol. The molecule has 0 atom stereocenters. The van der Waals surface area contributed by atoms with Gasteiger partial charge in [-0.25, -0.2) is 8.42 Å². The lowest BCUT2D eigenvalue weighted by molar-refractivity contribution is -0.384. The molecular formula is C20H16N2O6S. The Morgan fingerprint density at radius 2 is 1.76 bits per heavy atom. The lowest BCUT2D eigenvalue weighted by Gasteiger charge is -2.12. The number of sulfone groups is 1. The Morgan fingerprint density at radius 1 is 1.00 bits per heavy atom. The van der Waals surface area contributed by atoms with Crippen LogP contribution in [0.5, 0.6) is 5.75 Å². The van der Waals surface area contributed by atoms with Gasteiger partial charge in [0, 0.05) is 29.2 Å². The lowest BCUT2D eigenvalue weighted by Crippen LogP contribution is -2.02. The molecule has 0 saturated carbocycles. The van der Waals surface area contributed by atoms with Gasteiger partial charge in [0.15, 0.2) is 9.84 Å². The topological polar surface area (TPSA) is 112 Å². The van der Waals surface area contributed by atoms with Crippen LogP contribution < -0.4 is 10.1 Å². The van der Waals surface area contributed by atoms with Crippen LogP contribution in [0.4, 0.5) is 17.1 Å². The van der Waals surface area contributed by atoms with Crippen LogP contribution in [0.3, 0.4) is 0 Å². The van der Waals surface area contributed by atoms with E-state index in [1.165, 1.54) is 19.2 Å². The molecule has 9 heteroatoms. The molecule has 1 N–H and O–H groups in total. The Bertz CT molecular complexity index is 1370. The molecule has 0 saturated heterocycles. The van der Waals surface area contributed by atoms with Crippen molar-refractivity contribution in [3.05, 3.63) is 64.7 Å². The summed E-state index contributed by atoms with van der Waals surface area (Å²) >= 11 is 0. The van der Waals surface area contributed by atoms with Gasteiger partial charge in [-0.15, -0.1) is 0 Å². The standard InChI is InChI=1S/C20H16N2O6S/c1-27-20-10-14-13-5-3-4-6-18(13)28-19(14)11-16(20)21-15-8-7-12(29(2,25)26)9-17(15)22(23)24/h3-11,21H,1-2H3. The number of nitro benzene ring substituents is 1. The highest BCUT2D eigenvalue weighted by molar-refractivity contribution is 7.90. The van der Waals surface area contributed by atoms with Gasteiger partial charge in [-0.3, -0.25) is 10.1 Å². The van der Waals surface area contributed by atoms with Gasteiger partial charge in [0.05, 0.1) is 22.6 Å². The number of nitro groups is 1. The van der Waals surface area contributed by atoms with Crippen molar-refractivity contribution in [2.24, 2.45) is 0 Å². The molecule has 0 aliphatic heterocycles. The number of hydrogen-bond donors (Lipinski definition) is 1. The fourth-order valence-electron chi connectivity index (χ4n) is 3.16. The highest BCUT2D eigenvalue weighted by Gasteiger charge is 2.20. The largest absolute Gasteiger partial charge is 0.495 e. The number of fused-ring (bicyclic) bond motifs is 3. The SMILES string of the molecule is COc1cc2c(cc1Nc1ccc(S(C)(=O)=O)cc1[N+](=O)[O-])oc1ccccc12. The first-order valence-electron chi connectivity index (χ1n) is 8.53. The average Bonchev–Trinajstić information content (AvgIpc) is 3.04. The van der Waals surface area contributed by atoms with Crippen LogP contribution in [0.1, 0.15) is 0 Å². The van der Waals surface area contributed by atoms with E-state index < -0.39 is 14.8 Å². The van der Waals surface area contributed by atoms with E-state index in [0.29, 0.717) is 22.6 Å². The van der Waals surface area contributed by atoms with Crippen molar-refractivity contribution < 1.29 is 22.5 Å². The van der Waals surface area contributed by atoms with Crippen LogP contribution in [0.15, 0.2) is 63.9 Å². The van der Waals surface area contributed by atoms with Crippen molar-refractivity contribution in [2.75, 3.05) is 18.7 Å². The summed E-state index contributed by atoms with van der Waals surface area (Å²) in [6.45, 7) is 0. The number of anilines is 2. The summed E-state index contributed by atoms with van der Waals surface area (Å²) in [5.74, 6) is 0.463. The quantitative estimate of drug-likeness (QED) is 0.375. The normalized spacial score (nSPS) is 11.7. The molecule has 0 fully saturated rings.